The highest BCUT2D eigenvalue weighted by Crippen LogP contribution is 2.05. The molecule has 0 unspecified atom stereocenters. The van der Waals surface area contributed by atoms with Gasteiger partial charge in [0.05, 0.1) is 19.5 Å². The summed E-state index contributed by atoms with van der Waals surface area (Å²) in [5.74, 6) is 0.651. The van der Waals surface area contributed by atoms with Gasteiger partial charge in [0.15, 0.2) is 0 Å². The van der Waals surface area contributed by atoms with Crippen LogP contribution in [-0.2, 0) is 9.47 Å². The van der Waals surface area contributed by atoms with Crippen LogP contribution in [0.3, 0.4) is 0 Å². The number of rotatable bonds is 9. The third-order valence-electron chi connectivity index (χ3n) is 2.41. The van der Waals surface area contributed by atoms with E-state index in [1.54, 1.807) is 0 Å². The van der Waals surface area contributed by atoms with E-state index in [0.717, 1.165) is 0 Å². The smallest absolute Gasteiger partial charge is 0.252 e. The van der Waals surface area contributed by atoms with Crippen molar-refractivity contribution in [3.63, 3.8) is 0 Å². The number of ether oxygens (including phenoxy) is 2. The van der Waals surface area contributed by atoms with Gasteiger partial charge in [-0.15, -0.1) is 0 Å². The Balaban J connectivity index is 2.60. The van der Waals surface area contributed by atoms with Crippen molar-refractivity contribution < 1.29 is 9.47 Å². The lowest BCUT2D eigenvalue weighted by Crippen LogP contribution is -2.32. The van der Waals surface area contributed by atoms with Crippen LogP contribution in [0.1, 0.15) is 13.8 Å². The largest absolute Gasteiger partial charge is 0.380 e. The molecule has 6 nitrogen and oxygen atoms in total. The Kier molecular flexibility index (Phi) is 7.05. The van der Waals surface area contributed by atoms with Crippen LogP contribution in [-0.4, -0.2) is 49.5 Å². The zero-order chi connectivity index (χ0) is 13.2. The molecule has 1 heterocycles. The molecule has 6 heteroatoms. The first-order valence-corrected chi connectivity index (χ1v) is 6.23. The predicted octanol–water partition coefficient (Wildman–Crippen LogP) is 0.649. The highest BCUT2D eigenvalue weighted by molar-refractivity contribution is 5.36. The van der Waals surface area contributed by atoms with Crippen molar-refractivity contribution >= 4 is 5.82 Å². The molecule has 0 aliphatic heterocycles. The summed E-state index contributed by atoms with van der Waals surface area (Å²) < 4.78 is 10.7. The van der Waals surface area contributed by atoms with Gasteiger partial charge in [-0.3, -0.25) is 4.79 Å². The molecule has 1 N–H and O–H groups in total. The Morgan fingerprint density at radius 3 is 2.33 bits per heavy atom. The maximum atomic E-state index is 11.3. The van der Waals surface area contributed by atoms with Crippen molar-refractivity contribution in [1.82, 2.24) is 9.97 Å². The lowest BCUT2D eigenvalue weighted by molar-refractivity contribution is 0.141. The maximum Gasteiger partial charge on any atom is 0.252 e. The number of nitrogens with one attached hydrogen (secondary N) is 1. The van der Waals surface area contributed by atoms with Crippen LogP contribution < -0.4 is 10.5 Å². The normalized spacial score (nSPS) is 10.6. The van der Waals surface area contributed by atoms with Crippen LogP contribution in [0.25, 0.3) is 0 Å². The van der Waals surface area contributed by atoms with Gasteiger partial charge in [-0.25, -0.2) is 4.98 Å². The second kappa shape index (κ2) is 8.66. The molecule has 0 fully saturated rings. The first-order chi connectivity index (χ1) is 8.77. The van der Waals surface area contributed by atoms with Crippen LogP contribution >= 0.6 is 0 Å². The molecule has 0 radical (unpaired) electrons. The monoisotopic (exact) mass is 255 g/mol. The van der Waals surface area contributed by atoms with E-state index >= 15 is 0 Å². The fourth-order valence-electron chi connectivity index (χ4n) is 1.51. The summed E-state index contributed by atoms with van der Waals surface area (Å²) in [6.07, 6.45) is 1.41. The van der Waals surface area contributed by atoms with Crippen LogP contribution in [0, 0.1) is 0 Å². The third-order valence-corrected chi connectivity index (χ3v) is 2.41. The number of aromatic amines is 1. The average Bonchev–Trinajstić information content (AvgIpc) is 2.37. The van der Waals surface area contributed by atoms with Crippen LogP contribution in [0.15, 0.2) is 17.2 Å². The van der Waals surface area contributed by atoms with E-state index in [0.29, 0.717) is 45.3 Å². The summed E-state index contributed by atoms with van der Waals surface area (Å²) in [5.41, 5.74) is -0.155. The van der Waals surface area contributed by atoms with Gasteiger partial charge in [0.1, 0.15) is 5.82 Å². The Morgan fingerprint density at radius 2 is 1.83 bits per heavy atom. The maximum absolute atomic E-state index is 11.3. The average molecular weight is 255 g/mol. The van der Waals surface area contributed by atoms with Gasteiger partial charge in [-0.05, 0) is 13.8 Å². The third kappa shape index (κ3) is 5.29. The number of anilines is 1. The second-order valence-electron chi connectivity index (χ2n) is 3.65. The van der Waals surface area contributed by atoms with E-state index in [9.17, 15) is 4.79 Å². The summed E-state index contributed by atoms with van der Waals surface area (Å²) in [6.45, 7) is 7.87. The van der Waals surface area contributed by atoms with Crippen molar-refractivity contribution in [2.75, 3.05) is 44.4 Å². The first-order valence-electron chi connectivity index (χ1n) is 6.23. The molecule has 102 valence electrons. The van der Waals surface area contributed by atoms with E-state index in [1.807, 2.05) is 18.7 Å². The Morgan fingerprint density at radius 1 is 1.22 bits per heavy atom. The van der Waals surface area contributed by atoms with E-state index in [2.05, 4.69) is 9.97 Å². The molecule has 0 saturated carbocycles. The van der Waals surface area contributed by atoms with Gasteiger partial charge in [0.25, 0.3) is 5.56 Å². The lowest BCUT2D eigenvalue weighted by Gasteiger charge is -2.23. The molecule has 0 aromatic carbocycles. The van der Waals surface area contributed by atoms with Gasteiger partial charge in [0.2, 0.25) is 0 Å². The van der Waals surface area contributed by atoms with Crippen LogP contribution in [0.4, 0.5) is 5.82 Å². The molecule has 0 saturated heterocycles. The number of hydrogen-bond acceptors (Lipinski definition) is 5. The van der Waals surface area contributed by atoms with Gasteiger partial charge in [-0.1, -0.05) is 0 Å². The number of hydrogen-bond donors (Lipinski definition) is 1. The summed E-state index contributed by atoms with van der Waals surface area (Å²) in [4.78, 5) is 19.9. The number of nitrogens with zero attached hydrogens (tertiary/aromatic N) is 2. The molecule has 18 heavy (non-hydrogen) atoms. The molecule has 1 rings (SSSR count). The summed E-state index contributed by atoms with van der Waals surface area (Å²) in [7, 11) is 0. The van der Waals surface area contributed by atoms with Crippen molar-refractivity contribution in [3.05, 3.63) is 22.7 Å². The number of H-pyrrole nitrogens is 1. The molecule has 0 amide bonds. The highest BCUT2D eigenvalue weighted by atomic mass is 16.5. The standard InChI is InChI=1S/C12H21N3O3/c1-3-17-7-5-15(6-8-18-4-2)11-9-12(16)14-10-13-11/h9-10H,3-8H2,1-2H3,(H,13,14,16). The summed E-state index contributed by atoms with van der Waals surface area (Å²) >= 11 is 0. The molecule has 0 aliphatic rings. The SMILES string of the molecule is CCOCCN(CCOCC)c1cc(=O)[nH]cn1. The van der Waals surface area contributed by atoms with Gasteiger partial charge >= 0.3 is 0 Å². The summed E-state index contributed by atoms with van der Waals surface area (Å²) in [6, 6.07) is 1.48. The molecular weight excluding hydrogens is 234 g/mol. The van der Waals surface area contributed by atoms with Gasteiger partial charge in [-0.2, -0.15) is 0 Å². The molecule has 1 aromatic rings. The zero-order valence-corrected chi connectivity index (χ0v) is 11.0. The minimum absolute atomic E-state index is 0.155. The minimum atomic E-state index is -0.155. The van der Waals surface area contributed by atoms with Crippen molar-refractivity contribution in [2.24, 2.45) is 0 Å². The second-order valence-corrected chi connectivity index (χ2v) is 3.65. The van der Waals surface area contributed by atoms with Crippen molar-refractivity contribution in [1.29, 1.82) is 0 Å². The van der Waals surface area contributed by atoms with Gasteiger partial charge < -0.3 is 19.4 Å². The first kappa shape index (κ1) is 14.7. The Labute approximate surface area is 107 Å². The fraction of sp³-hybridized carbons (Fsp3) is 0.667. The highest BCUT2D eigenvalue weighted by Gasteiger charge is 2.08. The van der Waals surface area contributed by atoms with Crippen molar-refractivity contribution in [3.8, 4) is 0 Å². The number of aromatic nitrogens is 2. The summed E-state index contributed by atoms with van der Waals surface area (Å²) in [5, 5.41) is 0. The quantitative estimate of drug-likeness (QED) is 0.656. The lowest BCUT2D eigenvalue weighted by atomic mass is 10.4. The zero-order valence-electron chi connectivity index (χ0n) is 11.0. The topological polar surface area (TPSA) is 67.5 Å². The minimum Gasteiger partial charge on any atom is -0.380 e. The molecule has 0 atom stereocenters. The van der Waals surface area contributed by atoms with Crippen molar-refractivity contribution in [2.45, 2.75) is 13.8 Å². The Hall–Kier alpha value is -1.40. The molecular formula is C12H21N3O3. The Bertz CT molecular complexity index is 371. The van der Waals surface area contributed by atoms with Crippen LogP contribution in [0.5, 0.6) is 0 Å². The fourth-order valence-corrected chi connectivity index (χ4v) is 1.51. The molecule has 0 spiro atoms. The van der Waals surface area contributed by atoms with E-state index in [-0.39, 0.29) is 5.56 Å². The van der Waals surface area contributed by atoms with E-state index < -0.39 is 0 Å². The molecule has 0 aliphatic carbocycles. The molecule has 0 bridgehead atoms. The van der Waals surface area contributed by atoms with Crippen LogP contribution in [0.2, 0.25) is 0 Å². The van der Waals surface area contributed by atoms with E-state index in [4.69, 9.17) is 9.47 Å². The van der Waals surface area contributed by atoms with Gasteiger partial charge in [0, 0.05) is 32.4 Å². The van der Waals surface area contributed by atoms with E-state index in [1.165, 1.54) is 12.4 Å². The molecule has 1 aromatic heterocycles. The predicted molar refractivity (Wildman–Crippen MR) is 70.1 cm³/mol.